The Morgan fingerprint density at radius 2 is 1.73 bits per heavy atom. The van der Waals surface area contributed by atoms with Crippen molar-refractivity contribution in [2.45, 2.75) is 6.54 Å². The molecule has 1 fully saturated rings. The summed E-state index contributed by atoms with van der Waals surface area (Å²) in [5.74, 6) is 1.06. The topological polar surface area (TPSA) is 52.2 Å². The Balaban J connectivity index is 1.31. The molecule has 1 N–H and O–H groups in total. The number of nitrogens with one attached hydrogen (secondary N) is 1. The Morgan fingerprint density at radius 3 is 2.50 bits per heavy atom. The Bertz CT molecular complexity index is 875. The molecule has 0 bridgehead atoms. The fourth-order valence-electron chi connectivity index (χ4n) is 3.26. The van der Waals surface area contributed by atoms with E-state index in [1.54, 1.807) is 6.08 Å². The smallest absolute Gasteiger partial charge is 0.246 e. The lowest BCUT2D eigenvalue weighted by Gasteiger charge is -2.33. The second kappa shape index (κ2) is 7.54. The molecule has 1 aliphatic heterocycles. The zero-order valence-electron chi connectivity index (χ0n) is 14.6. The summed E-state index contributed by atoms with van der Waals surface area (Å²) in [6, 6.07) is 18.0. The number of carbonyl (C=O) groups is 1. The maximum Gasteiger partial charge on any atom is 0.246 e. The van der Waals surface area contributed by atoms with Crippen molar-refractivity contribution < 1.29 is 4.79 Å². The first-order chi connectivity index (χ1) is 12.8. The predicted molar refractivity (Wildman–Crippen MR) is 103 cm³/mol. The van der Waals surface area contributed by atoms with Gasteiger partial charge in [-0.2, -0.15) is 0 Å². The third kappa shape index (κ3) is 3.83. The largest absolute Gasteiger partial charge is 0.341 e. The molecular weight excluding hydrogens is 324 g/mol. The van der Waals surface area contributed by atoms with Crippen molar-refractivity contribution in [2.24, 2.45) is 0 Å². The first kappa shape index (κ1) is 16.5. The van der Waals surface area contributed by atoms with Crippen LogP contribution in [0.5, 0.6) is 0 Å². The fraction of sp³-hybridized carbons (Fsp3) is 0.238. The van der Waals surface area contributed by atoms with E-state index in [9.17, 15) is 4.79 Å². The van der Waals surface area contributed by atoms with Gasteiger partial charge in [-0.05, 0) is 23.8 Å². The summed E-state index contributed by atoms with van der Waals surface area (Å²) in [7, 11) is 0. The van der Waals surface area contributed by atoms with E-state index in [4.69, 9.17) is 0 Å². The molecule has 0 spiro atoms. The predicted octanol–water partition coefficient (Wildman–Crippen LogP) is 2.92. The highest BCUT2D eigenvalue weighted by Crippen LogP contribution is 2.13. The Hall–Kier alpha value is -2.92. The monoisotopic (exact) mass is 346 g/mol. The molecule has 5 nitrogen and oxygen atoms in total. The molecule has 0 atom stereocenters. The number of aromatic amines is 1. The summed E-state index contributed by atoms with van der Waals surface area (Å²) in [4.78, 5) is 24.6. The molecule has 132 valence electrons. The van der Waals surface area contributed by atoms with E-state index < -0.39 is 0 Å². The Labute approximate surface area is 153 Å². The lowest BCUT2D eigenvalue weighted by molar-refractivity contribution is -0.127. The average Bonchev–Trinajstić information content (AvgIpc) is 3.10. The maximum atomic E-state index is 12.4. The highest BCUT2D eigenvalue weighted by molar-refractivity contribution is 5.91. The van der Waals surface area contributed by atoms with Gasteiger partial charge in [-0.25, -0.2) is 4.98 Å². The van der Waals surface area contributed by atoms with Gasteiger partial charge in [0.1, 0.15) is 5.82 Å². The molecule has 1 amide bonds. The molecule has 1 saturated heterocycles. The summed E-state index contributed by atoms with van der Waals surface area (Å²) in [6.45, 7) is 4.01. The van der Waals surface area contributed by atoms with Crippen molar-refractivity contribution in [1.29, 1.82) is 0 Å². The normalized spacial score (nSPS) is 15.8. The van der Waals surface area contributed by atoms with E-state index in [1.165, 1.54) is 0 Å². The zero-order chi connectivity index (χ0) is 17.8. The summed E-state index contributed by atoms with van der Waals surface area (Å²) >= 11 is 0. The van der Waals surface area contributed by atoms with Crippen molar-refractivity contribution in [2.75, 3.05) is 26.2 Å². The van der Waals surface area contributed by atoms with Crippen molar-refractivity contribution in [3.05, 3.63) is 72.1 Å². The first-order valence-electron chi connectivity index (χ1n) is 8.96. The van der Waals surface area contributed by atoms with Gasteiger partial charge in [-0.3, -0.25) is 9.69 Å². The number of hydrogen-bond acceptors (Lipinski definition) is 3. The number of nitrogens with zero attached hydrogens (tertiary/aromatic N) is 3. The van der Waals surface area contributed by atoms with Crippen molar-refractivity contribution in [3.8, 4) is 0 Å². The highest BCUT2D eigenvalue weighted by atomic mass is 16.2. The number of H-pyrrole nitrogens is 1. The van der Waals surface area contributed by atoms with Gasteiger partial charge in [-0.1, -0.05) is 42.5 Å². The number of imidazole rings is 1. The van der Waals surface area contributed by atoms with Crippen LogP contribution in [0, 0.1) is 0 Å². The van der Waals surface area contributed by atoms with Gasteiger partial charge in [0, 0.05) is 32.3 Å². The minimum Gasteiger partial charge on any atom is -0.341 e. The van der Waals surface area contributed by atoms with E-state index in [-0.39, 0.29) is 5.91 Å². The van der Waals surface area contributed by atoms with Gasteiger partial charge in [0.2, 0.25) is 5.91 Å². The molecule has 0 aliphatic carbocycles. The fourth-order valence-corrected chi connectivity index (χ4v) is 3.26. The first-order valence-corrected chi connectivity index (χ1v) is 8.96. The molecule has 5 heteroatoms. The van der Waals surface area contributed by atoms with E-state index >= 15 is 0 Å². The van der Waals surface area contributed by atoms with Gasteiger partial charge in [-0.15, -0.1) is 0 Å². The molecular formula is C21H22N4O. The molecule has 1 aliphatic rings. The molecule has 3 aromatic rings. The number of benzene rings is 2. The third-order valence-electron chi connectivity index (χ3n) is 4.71. The van der Waals surface area contributed by atoms with Crippen LogP contribution >= 0.6 is 0 Å². The summed E-state index contributed by atoms with van der Waals surface area (Å²) in [6.07, 6.45) is 3.55. The minimum atomic E-state index is 0.0808. The van der Waals surface area contributed by atoms with Crippen LogP contribution in [0.3, 0.4) is 0 Å². The average molecular weight is 346 g/mol. The van der Waals surface area contributed by atoms with Crippen LogP contribution in [0.25, 0.3) is 17.1 Å². The van der Waals surface area contributed by atoms with Crippen molar-refractivity contribution in [3.63, 3.8) is 0 Å². The number of fused-ring (bicyclic) bond motifs is 1. The lowest BCUT2D eigenvalue weighted by Crippen LogP contribution is -2.47. The number of para-hydroxylation sites is 2. The molecule has 2 heterocycles. The van der Waals surface area contributed by atoms with Crippen LogP contribution in [-0.4, -0.2) is 51.9 Å². The van der Waals surface area contributed by atoms with E-state index in [0.717, 1.165) is 55.1 Å². The maximum absolute atomic E-state index is 12.4. The van der Waals surface area contributed by atoms with Gasteiger partial charge in [0.15, 0.2) is 0 Å². The second-order valence-electron chi connectivity index (χ2n) is 6.55. The number of carbonyl (C=O) groups excluding carboxylic acids is 1. The van der Waals surface area contributed by atoms with Gasteiger partial charge < -0.3 is 9.88 Å². The van der Waals surface area contributed by atoms with Crippen LogP contribution < -0.4 is 0 Å². The van der Waals surface area contributed by atoms with Crippen LogP contribution in [0.2, 0.25) is 0 Å². The SMILES string of the molecule is O=C(/C=C\c1ccccc1)N1CCN(Cc2nc3ccccc3[nH]2)CC1. The molecule has 2 aromatic carbocycles. The van der Waals surface area contributed by atoms with Gasteiger partial charge in [0.25, 0.3) is 0 Å². The van der Waals surface area contributed by atoms with Gasteiger partial charge >= 0.3 is 0 Å². The highest BCUT2D eigenvalue weighted by Gasteiger charge is 2.20. The Kier molecular flexibility index (Phi) is 4.80. The lowest BCUT2D eigenvalue weighted by atomic mass is 10.2. The van der Waals surface area contributed by atoms with Crippen LogP contribution in [-0.2, 0) is 11.3 Å². The zero-order valence-corrected chi connectivity index (χ0v) is 14.6. The molecule has 1 aromatic heterocycles. The number of rotatable bonds is 4. The van der Waals surface area contributed by atoms with Crippen molar-refractivity contribution >= 4 is 23.0 Å². The van der Waals surface area contributed by atoms with Crippen LogP contribution in [0.4, 0.5) is 0 Å². The third-order valence-corrected chi connectivity index (χ3v) is 4.71. The standard InChI is InChI=1S/C21H22N4O/c26-21(11-10-17-6-2-1-3-7-17)25-14-12-24(13-15-25)16-20-22-18-8-4-5-9-19(18)23-20/h1-11H,12-16H2,(H,22,23)/b11-10-. The molecule has 0 saturated carbocycles. The second-order valence-corrected chi connectivity index (χ2v) is 6.55. The number of amides is 1. The molecule has 0 unspecified atom stereocenters. The Morgan fingerprint density at radius 1 is 1.00 bits per heavy atom. The van der Waals surface area contributed by atoms with E-state index in [0.29, 0.717) is 0 Å². The molecule has 0 radical (unpaired) electrons. The number of aromatic nitrogens is 2. The minimum absolute atomic E-state index is 0.0808. The summed E-state index contributed by atoms with van der Waals surface area (Å²) in [5, 5.41) is 0. The summed E-state index contributed by atoms with van der Waals surface area (Å²) in [5.41, 5.74) is 3.12. The van der Waals surface area contributed by atoms with E-state index in [1.807, 2.05) is 65.6 Å². The summed E-state index contributed by atoms with van der Waals surface area (Å²) < 4.78 is 0. The van der Waals surface area contributed by atoms with Gasteiger partial charge in [0.05, 0.1) is 17.6 Å². The number of hydrogen-bond donors (Lipinski definition) is 1. The van der Waals surface area contributed by atoms with Crippen LogP contribution in [0.15, 0.2) is 60.7 Å². The van der Waals surface area contributed by atoms with E-state index in [2.05, 4.69) is 14.9 Å². The molecule has 4 rings (SSSR count). The number of piperazine rings is 1. The van der Waals surface area contributed by atoms with Crippen molar-refractivity contribution in [1.82, 2.24) is 19.8 Å². The quantitative estimate of drug-likeness (QED) is 0.739. The molecule has 26 heavy (non-hydrogen) atoms. The van der Waals surface area contributed by atoms with Crippen LogP contribution in [0.1, 0.15) is 11.4 Å².